The summed E-state index contributed by atoms with van der Waals surface area (Å²) in [6.45, 7) is -0.0518. The van der Waals surface area contributed by atoms with Gasteiger partial charge >= 0.3 is 6.41 Å². The highest BCUT2D eigenvalue weighted by molar-refractivity contribution is 5.76. The van der Waals surface area contributed by atoms with Gasteiger partial charge in [-0.25, -0.2) is 13.2 Å². The van der Waals surface area contributed by atoms with Gasteiger partial charge in [-0.15, -0.1) is 0 Å². The van der Waals surface area contributed by atoms with Crippen LogP contribution in [0.2, 0.25) is 0 Å². The van der Waals surface area contributed by atoms with Crippen molar-refractivity contribution in [1.82, 2.24) is 0 Å². The maximum absolute atomic E-state index is 13.6. The lowest BCUT2D eigenvalue weighted by Crippen LogP contribution is -2.23. The first kappa shape index (κ1) is 13.1. The zero-order valence-electron chi connectivity index (χ0n) is 9.74. The van der Waals surface area contributed by atoms with E-state index in [0.29, 0.717) is 17.7 Å². The fourth-order valence-corrected chi connectivity index (χ4v) is 1.72. The smallest absolute Gasteiger partial charge is 0.294 e. The van der Waals surface area contributed by atoms with Crippen molar-refractivity contribution >= 4 is 12.1 Å². The summed E-state index contributed by atoms with van der Waals surface area (Å²) in [6.07, 6.45) is 1.45. The number of amides is 1. The van der Waals surface area contributed by atoms with Gasteiger partial charge in [0.1, 0.15) is 11.5 Å². The van der Waals surface area contributed by atoms with E-state index in [1.807, 2.05) is 0 Å². The highest BCUT2D eigenvalue weighted by atomic mass is 19.1. The van der Waals surface area contributed by atoms with Crippen LogP contribution in [0.3, 0.4) is 0 Å². The standard InChI is InChI=1S/C14H9F3NO/c15-11-6-12(16)14(13(17)7-11)18(9-19)8-10-4-2-1-3-5-10/h1-7H,8H2. The third-order valence-corrected chi connectivity index (χ3v) is 2.55. The summed E-state index contributed by atoms with van der Waals surface area (Å²) in [7, 11) is 0. The zero-order chi connectivity index (χ0) is 13.8. The monoisotopic (exact) mass is 264 g/mol. The molecule has 2 nitrogen and oxygen atoms in total. The molecule has 0 saturated heterocycles. The molecule has 0 fully saturated rings. The highest BCUT2D eigenvalue weighted by Gasteiger charge is 2.19. The third kappa shape index (κ3) is 2.93. The van der Waals surface area contributed by atoms with Crippen LogP contribution in [0.15, 0.2) is 42.5 Å². The van der Waals surface area contributed by atoms with E-state index < -0.39 is 23.1 Å². The molecule has 0 aliphatic carbocycles. The van der Waals surface area contributed by atoms with Gasteiger partial charge < -0.3 is 0 Å². The van der Waals surface area contributed by atoms with E-state index in [1.165, 1.54) is 6.41 Å². The number of hydrogen-bond donors (Lipinski definition) is 0. The van der Waals surface area contributed by atoms with Crippen molar-refractivity contribution in [3.8, 4) is 0 Å². The molecule has 0 atom stereocenters. The SMILES string of the molecule is O=[C]N(Cc1ccccc1)c1c(F)cc(F)cc1F. The summed E-state index contributed by atoms with van der Waals surface area (Å²) in [6, 6.07) is 9.68. The molecule has 2 aromatic rings. The van der Waals surface area contributed by atoms with Gasteiger partial charge in [0, 0.05) is 12.1 Å². The first-order valence-corrected chi connectivity index (χ1v) is 5.45. The molecular formula is C14H9F3NO. The predicted molar refractivity (Wildman–Crippen MR) is 64.6 cm³/mol. The van der Waals surface area contributed by atoms with E-state index in [2.05, 4.69) is 0 Å². The molecule has 5 heteroatoms. The molecule has 1 amide bonds. The maximum atomic E-state index is 13.6. The second kappa shape index (κ2) is 5.56. The van der Waals surface area contributed by atoms with Crippen molar-refractivity contribution in [2.75, 3.05) is 4.90 Å². The Hall–Kier alpha value is -2.30. The lowest BCUT2D eigenvalue weighted by Gasteiger charge is -2.17. The number of carbonyl (C=O) groups excluding carboxylic acids is 1. The van der Waals surface area contributed by atoms with Crippen LogP contribution in [-0.4, -0.2) is 6.41 Å². The van der Waals surface area contributed by atoms with Gasteiger partial charge in [-0.3, -0.25) is 9.69 Å². The van der Waals surface area contributed by atoms with Crippen LogP contribution in [0.1, 0.15) is 5.56 Å². The van der Waals surface area contributed by atoms with E-state index in [9.17, 15) is 18.0 Å². The number of hydrogen-bond acceptors (Lipinski definition) is 1. The van der Waals surface area contributed by atoms with E-state index in [4.69, 9.17) is 0 Å². The second-order valence-electron chi connectivity index (χ2n) is 3.88. The molecule has 0 N–H and O–H groups in total. The molecule has 2 aromatic carbocycles. The van der Waals surface area contributed by atoms with Gasteiger partial charge in [0.15, 0.2) is 11.6 Å². The number of anilines is 1. The van der Waals surface area contributed by atoms with Gasteiger partial charge in [0.25, 0.3) is 0 Å². The highest BCUT2D eigenvalue weighted by Crippen LogP contribution is 2.25. The maximum Gasteiger partial charge on any atom is 0.317 e. The number of nitrogens with zero attached hydrogens (tertiary/aromatic N) is 1. The van der Waals surface area contributed by atoms with Gasteiger partial charge in [-0.2, -0.15) is 0 Å². The van der Waals surface area contributed by atoms with Crippen LogP contribution in [0.4, 0.5) is 18.9 Å². The quantitative estimate of drug-likeness (QED) is 0.777. The van der Waals surface area contributed by atoms with Crippen LogP contribution in [0.5, 0.6) is 0 Å². The fourth-order valence-electron chi connectivity index (χ4n) is 1.72. The molecule has 0 saturated carbocycles. The van der Waals surface area contributed by atoms with Crippen LogP contribution in [0, 0.1) is 17.5 Å². The van der Waals surface area contributed by atoms with Gasteiger partial charge in [0.2, 0.25) is 0 Å². The van der Waals surface area contributed by atoms with E-state index in [0.717, 1.165) is 4.90 Å². The van der Waals surface area contributed by atoms with Crippen LogP contribution in [0.25, 0.3) is 0 Å². The number of benzene rings is 2. The Morgan fingerprint density at radius 3 is 2.11 bits per heavy atom. The van der Waals surface area contributed by atoms with Crippen molar-refractivity contribution in [2.45, 2.75) is 6.54 Å². The summed E-state index contributed by atoms with van der Waals surface area (Å²) in [5.41, 5.74) is 0.0641. The first-order valence-electron chi connectivity index (χ1n) is 5.45. The van der Waals surface area contributed by atoms with Crippen molar-refractivity contribution in [1.29, 1.82) is 0 Å². The minimum atomic E-state index is -1.14. The van der Waals surface area contributed by atoms with Crippen LogP contribution >= 0.6 is 0 Å². The Labute approximate surface area is 108 Å². The molecule has 0 unspecified atom stereocenters. The number of halogens is 3. The lowest BCUT2D eigenvalue weighted by molar-refractivity contribution is 0.529. The van der Waals surface area contributed by atoms with Crippen LogP contribution < -0.4 is 4.90 Å². The average Bonchev–Trinajstić information content (AvgIpc) is 2.37. The van der Waals surface area contributed by atoms with Gasteiger partial charge in [-0.05, 0) is 5.56 Å². The van der Waals surface area contributed by atoms with E-state index >= 15 is 0 Å². The van der Waals surface area contributed by atoms with Crippen molar-refractivity contribution < 1.29 is 18.0 Å². The summed E-state index contributed by atoms with van der Waals surface area (Å²) >= 11 is 0. The Balaban J connectivity index is 2.35. The van der Waals surface area contributed by atoms with Crippen LogP contribution in [-0.2, 0) is 11.3 Å². The molecule has 0 spiro atoms. The molecule has 0 aromatic heterocycles. The first-order chi connectivity index (χ1) is 9.11. The normalized spacial score (nSPS) is 10.3. The summed E-state index contributed by atoms with van der Waals surface area (Å²) in [5, 5.41) is 0. The molecule has 2 rings (SSSR count). The molecule has 0 heterocycles. The minimum absolute atomic E-state index is 0.0518. The molecule has 19 heavy (non-hydrogen) atoms. The topological polar surface area (TPSA) is 20.3 Å². The molecule has 1 radical (unpaired) electrons. The molecule has 0 aliphatic heterocycles. The fraction of sp³-hybridized carbons (Fsp3) is 0.0714. The molecule has 97 valence electrons. The summed E-state index contributed by atoms with van der Waals surface area (Å²) in [4.78, 5) is 11.6. The van der Waals surface area contributed by atoms with Crippen molar-refractivity contribution in [2.24, 2.45) is 0 Å². The van der Waals surface area contributed by atoms with E-state index in [-0.39, 0.29) is 6.54 Å². The van der Waals surface area contributed by atoms with Gasteiger partial charge in [0.05, 0.1) is 6.54 Å². The predicted octanol–water partition coefficient (Wildman–Crippen LogP) is 3.18. The summed E-state index contributed by atoms with van der Waals surface area (Å²) < 4.78 is 39.9. The molecule has 0 aliphatic rings. The Bertz CT molecular complexity index is 563. The Morgan fingerprint density at radius 1 is 1.00 bits per heavy atom. The molecule has 0 bridgehead atoms. The Morgan fingerprint density at radius 2 is 1.58 bits per heavy atom. The van der Waals surface area contributed by atoms with E-state index in [1.54, 1.807) is 30.3 Å². The second-order valence-corrected chi connectivity index (χ2v) is 3.88. The average molecular weight is 264 g/mol. The largest absolute Gasteiger partial charge is 0.317 e. The minimum Gasteiger partial charge on any atom is -0.294 e. The van der Waals surface area contributed by atoms with Gasteiger partial charge in [-0.1, -0.05) is 30.3 Å². The van der Waals surface area contributed by atoms with Crippen molar-refractivity contribution in [3.05, 3.63) is 65.5 Å². The van der Waals surface area contributed by atoms with Crippen molar-refractivity contribution in [3.63, 3.8) is 0 Å². The lowest BCUT2D eigenvalue weighted by atomic mass is 10.2. The summed E-state index contributed by atoms with van der Waals surface area (Å²) in [5.74, 6) is -3.32. The molecular weight excluding hydrogens is 255 g/mol. The zero-order valence-corrected chi connectivity index (χ0v) is 9.74. The number of rotatable bonds is 4. The Kier molecular flexibility index (Phi) is 3.85. The third-order valence-electron chi connectivity index (χ3n) is 2.55.